The first-order valence-corrected chi connectivity index (χ1v) is 7.72. The van der Waals surface area contributed by atoms with Crippen molar-refractivity contribution < 1.29 is 4.74 Å². The molecule has 4 heteroatoms. The van der Waals surface area contributed by atoms with Gasteiger partial charge in [0.05, 0.1) is 16.7 Å². The summed E-state index contributed by atoms with van der Waals surface area (Å²) in [5.74, 6) is 0.559. The van der Waals surface area contributed by atoms with E-state index in [9.17, 15) is 0 Å². The van der Waals surface area contributed by atoms with Crippen LogP contribution in [0.1, 0.15) is 25.3 Å². The minimum atomic E-state index is 0.404. The molecule has 106 valence electrons. The monoisotopic (exact) mass is 301 g/mol. The van der Waals surface area contributed by atoms with Crippen LogP contribution in [-0.2, 0) is 11.2 Å². The molecule has 1 fully saturated rings. The van der Waals surface area contributed by atoms with Crippen LogP contribution in [-0.4, -0.2) is 25.8 Å². The Bertz CT molecular complexity index is 405. The number of hydrogen-bond acceptors (Lipinski definition) is 2. The fraction of sp³-hybridized carbons (Fsp3) is 0.600. The molecule has 2 nitrogen and oxygen atoms in total. The molecule has 2 atom stereocenters. The summed E-state index contributed by atoms with van der Waals surface area (Å²) in [7, 11) is 0. The van der Waals surface area contributed by atoms with Gasteiger partial charge in [-0.1, -0.05) is 42.3 Å². The third-order valence-electron chi connectivity index (χ3n) is 3.70. The van der Waals surface area contributed by atoms with Gasteiger partial charge in [0.2, 0.25) is 0 Å². The lowest BCUT2D eigenvalue weighted by Crippen LogP contribution is -2.41. The van der Waals surface area contributed by atoms with Crippen LogP contribution in [0, 0.1) is 5.92 Å². The number of nitrogens with one attached hydrogen (secondary N) is 1. The van der Waals surface area contributed by atoms with Gasteiger partial charge in [0.15, 0.2) is 0 Å². The van der Waals surface area contributed by atoms with Gasteiger partial charge < -0.3 is 10.1 Å². The van der Waals surface area contributed by atoms with E-state index in [1.165, 1.54) is 6.42 Å². The van der Waals surface area contributed by atoms with Gasteiger partial charge in [-0.25, -0.2) is 0 Å². The van der Waals surface area contributed by atoms with Crippen molar-refractivity contribution in [2.45, 2.75) is 32.2 Å². The molecule has 1 N–H and O–H groups in total. The summed E-state index contributed by atoms with van der Waals surface area (Å²) in [4.78, 5) is 0. The zero-order chi connectivity index (χ0) is 13.7. The van der Waals surface area contributed by atoms with E-state index in [2.05, 4.69) is 18.3 Å². The topological polar surface area (TPSA) is 21.3 Å². The van der Waals surface area contributed by atoms with Crippen LogP contribution in [0.4, 0.5) is 0 Å². The van der Waals surface area contributed by atoms with Gasteiger partial charge in [-0.05, 0) is 43.4 Å². The minimum absolute atomic E-state index is 0.404. The molecule has 1 aromatic carbocycles. The molecule has 0 radical (unpaired) electrons. The van der Waals surface area contributed by atoms with Crippen molar-refractivity contribution >= 4 is 23.2 Å². The van der Waals surface area contributed by atoms with E-state index in [-0.39, 0.29) is 0 Å². The van der Waals surface area contributed by atoms with Crippen molar-refractivity contribution in [2.24, 2.45) is 5.92 Å². The maximum absolute atomic E-state index is 6.29. The maximum Gasteiger partial charge on any atom is 0.0624 e. The molecule has 0 spiro atoms. The normalized spacial score (nSPS) is 21.3. The van der Waals surface area contributed by atoms with E-state index in [0.717, 1.165) is 38.2 Å². The zero-order valence-electron chi connectivity index (χ0n) is 11.3. The predicted molar refractivity (Wildman–Crippen MR) is 81.2 cm³/mol. The van der Waals surface area contributed by atoms with Crippen molar-refractivity contribution in [3.05, 3.63) is 33.8 Å². The summed E-state index contributed by atoms with van der Waals surface area (Å²) >= 11 is 12.4. The van der Waals surface area contributed by atoms with Crippen LogP contribution in [0.3, 0.4) is 0 Å². The Morgan fingerprint density at radius 2 is 2.26 bits per heavy atom. The highest BCUT2D eigenvalue weighted by atomic mass is 35.5. The van der Waals surface area contributed by atoms with Crippen LogP contribution in [0.5, 0.6) is 0 Å². The van der Waals surface area contributed by atoms with E-state index < -0.39 is 0 Å². The zero-order valence-corrected chi connectivity index (χ0v) is 12.8. The molecule has 2 rings (SSSR count). The summed E-state index contributed by atoms with van der Waals surface area (Å²) < 4.78 is 5.60. The summed E-state index contributed by atoms with van der Waals surface area (Å²) in [5, 5.41) is 4.88. The average Bonchev–Trinajstić information content (AvgIpc) is 2.44. The molecule has 1 aliphatic rings. The lowest BCUT2D eigenvalue weighted by Gasteiger charge is -2.31. The first-order valence-electron chi connectivity index (χ1n) is 6.96. The van der Waals surface area contributed by atoms with Gasteiger partial charge in [-0.3, -0.25) is 0 Å². The second-order valence-electron chi connectivity index (χ2n) is 5.06. The molecule has 0 saturated carbocycles. The quantitative estimate of drug-likeness (QED) is 0.889. The fourth-order valence-corrected chi connectivity index (χ4v) is 3.09. The smallest absolute Gasteiger partial charge is 0.0624 e. The second kappa shape index (κ2) is 7.49. The maximum atomic E-state index is 6.29. The van der Waals surface area contributed by atoms with Crippen molar-refractivity contribution in [1.29, 1.82) is 0 Å². The third kappa shape index (κ3) is 4.09. The Kier molecular flexibility index (Phi) is 5.96. The Morgan fingerprint density at radius 3 is 2.95 bits per heavy atom. The van der Waals surface area contributed by atoms with E-state index >= 15 is 0 Å². The second-order valence-corrected chi connectivity index (χ2v) is 5.84. The average molecular weight is 302 g/mol. The highest BCUT2D eigenvalue weighted by Crippen LogP contribution is 2.28. The van der Waals surface area contributed by atoms with Crippen molar-refractivity contribution in [1.82, 2.24) is 5.32 Å². The van der Waals surface area contributed by atoms with Gasteiger partial charge in [-0.2, -0.15) is 0 Å². The number of likely N-dealkylation sites (N-methyl/N-ethyl adjacent to an activating group) is 1. The molecule has 0 aliphatic carbocycles. The number of rotatable bonds is 5. The standard InChI is InChI=1S/C15H21Cl2NO/c1-2-18-14(12-6-4-8-19-10-12)9-11-5-3-7-13(16)15(11)17/h3,5,7,12,14,18H,2,4,6,8-10H2,1H3. The highest BCUT2D eigenvalue weighted by molar-refractivity contribution is 6.42. The lowest BCUT2D eigenvalue weighted by molar-refractivity contribution is 0.0396. The molecule has 0 aromatic heterocycles. The van der Waals surface area contributed by atoms with E-state index in [0.29, 0.717) is 22.0 Å². The summed E-state index contributed by atoms with van der Waals surface area (Å²) in [6.45, 7) is 4.83. The van der Waals surface area contributed by atoms with Crippen molar-refractivity contribution in [3.8, 4) is 0 Å². The van der Waals surface area contributed by atoms with E-state index in [1.807, 2.05) is 12.1 Å². The molecular formula is C15H21Cl2NO. The van der Waals surface area contributed by atoms with Crippen LogP contribution < -0.4 is 5.32 Å². The van der Waals surface area contributed by atoms with Crippen molar-refractivity contribution in [3.63, 3.8) is 0 Å². The number of ether oxygens (including phenoxy) is 1. The first kappa shape index (κ1) is 15.1. The molecule has 0 amide bonds. The number of halogens is 2. The summed E-state index contributed by atoms with van der Waals surface area (Å²) in [5.41, 5.74) is 1.12. The van der Waals surface area contributed by atoms with Gasteiger partial charge in [0.1, 0.15) is 0 Å². The lowest BCUT2D eigenvalue weighted by atomic mass is 9.89. The molecule has 19 heavy (non-hydrogen) atoms. The van der Waals surface area contributed by atoms with Gasteiger partial charge in [0, 0.05) is 12.6 Å². The Labute approximate surface area is 125 Å². The third-order valence-corrected chi connectivity index (χ3v) is 4.56. The van der Waals surface area contributed by atoms with Crippen LogP contribution in [0.25, 0.3) is 0 Å². The largest absolute Gasteiger partial charge is 0.381 e. The fourth-order valence-electron chi connectivity index (χ4n) is 2.69. The molecule has 1 saturated heterocycles. The van der Waals surface area contributed by atoms with Crippen LogP contribution in [0.2, 0.25) is 10.0 Å². The van der Waals surface area contributed by atoms with E-state index in [1.54, 1.807) is 0 Å². The summed E-state index contributed by atoms with van der Waals surface area (Å²) in [6, 6.07) is 6.26. The molecule has 1 aliphatic heterocycles. The van der Waals surface area contributed by atoms with Gasteiger partial charge in [-0.15, -0.1) is 0 Å². The molecule has 0 bridgehead atoms. The molecule has 2 unspecified atom stereocenters. The Balaban J connectivity index is 2.08. The SMILES string of the molecule is CCNC(Cc1cccc(Cl)c1Cl)C1CCCOC1. The highest BCUT2D eigenvalue weighted by Gasteiger charge is 2.24. The Hall–Kier alpha value is -0.280. The Morgan fingerprint density at radius 1 is 1.42 bits per heavy atom. The summed E-state index contributed by atoms with van der Waals surface area (Å²) in [6.07, 6.45) is 3.27. The number of hydrogen-bond donors (Lipinski definition) is 1. The minimum Gasteiger partial charge on any atom is -0.381 e. The van der Waals surface area contributed by atoms with Gasteiger partial charge >= 0.3 is 0 Å². The molecule has 1 aromatic rings. The predicted octanol–water partition coefficient (Wildman–Crippen LogP) is 3.94. The molecular weight excluding hydrogens is 281 g/mol. The van der Waals surface area contributed by atoms with Crippen molar-refractivity contribution in [2.75, 3.05) is 19.8 Å². The first-order chi connectivity index (χ1) is 9.22. The van der Waals surface area contributed by atoms with Crippen LogP contribution >= 0.6 is 23.2 Å². The molecule has 1 heterocycles. The van der Waals surface area contributed by atoms with Crippen LogP contribution in [0.15, 0.2) is 18.2 Å². The van der Waals surface area contributed by atoms with Gasteiger partial charge in [0.25, 0.3) is 0 Å². The van der Waals surface area contributed by atoms with E-state index in [4.69, 9.17) is 27.9 Å². The number of benzene rings is 1.